The van der Waals surface area contributed by atoms with Crippen molar-refractivity contribution in [2.45, 2.75) is 6.42 Å². The maximum absolute atomic E-state index is 10.4. The molecule has 0 aliphatic carbocycles. The highest BCUT2D eigenvalue weighted by Crippen LogP contribution is 1.99. The number of hydrogen-bond donors (Lipinski definition) is 2. The number of hydrogen-bond acceptors (Lipinski definition) is 4. The van der Waals surface area contributed by atoms with Gasteiger partial charge >= 0.3 is 6.03 Å². The first-order valence-corrected chi connectivity index (χ1v) is 4.43. The Balaban J connectivity index is 2.04. The number of urea groups is 1. The number of amides is 2. The molecule has 2 amide bonds. The van der Waals surface area contributed by atoms with Crippen molar-refractivity contribution >= 4 is 11.8 Å². The van der Waals surface area contributed by atoms with Gasteiger partial charge in [-0.25, -0.2) is 14.3 Å². The molecule has 0 aromatic carbocycles. The van der Waals surface area contributed by atoms with Gasteiger partial charge in [-0.1, -0.05) is 0 Å². The topological polar surface area (TPSA) is 98.2 Å². The Morgan fingerprint density at radius 3 is 3.20 bits per heavy atom. The maximum atomic E-state index is 10.4. The second kappa shape index (κ2) is 3.91. The predicted octanol–water partition coefficient (Wildman–Crippen LogP) is -0.665. The van der Waals surface area contributed by atoms with Crippen molar-refractivity contribution in [3.63, 3.8) is 0 Å². The van der Waals surface area contributed by atoms with E-state index in [9.17, 15) is 4.79 Å². The first kappa shape index (κ1) is 9.38. The highest BCUT2D eigenvalue weighted by molar-refractivity contribution is 5.71. The Hall–Kier alpha value is -2.18. The second-order valence-corrected chi connectivity index (χ2v) is 3.01. The van der Waals surface area contributed by atoms with Crippen LogP contribution in [-0.2, 0) is 6.42 Å². The lowest BCUT2D eigenvalue weighted by atomic mass is 10.2. The lowest BCUT2D eigenvalue weighted by molar-refractivity contribution is 0.249. The fourth-order valence-corrected chi connectivity index (χ4v) is 1.22. The Bertz CT molecular complexity index is 479. The summed E-state index contributed by atoms with van der Waals surface area (Å²) in [6.45, 7) is 0.483. The zero-order chi connectivity index (χ0) is 10.7. The average Bonchev–Trinajstić information content (AvgIpc) is 2.64. The van der Waals surface area contributed by atoms with E-state index < -0.39 is 6.03 Å². The number of nitrogens with zero attached hydrogens (tertiary/aromatic N) is 4. The fourth-order valence-electron chi connectivity index (χ4n) is 1.22. The molecule has 0 aliphatic rings. The molecule has 2 heterocycles. The minimum absolute atomic E-state index is 0.483. The second-order valence-electron chi connectivity index (χ2n) is 3.01. The number of rotatable bonds is 3. The highest BCUT2D eigenvalue weighted by Gasteiger charge is 1.99. The minimum atomic E-state index is -0.523. The molecule has 7 nitrogen and oxygen atoms in total. The van der Waals surface area contributed by atoms with E-state index >= 15 is 0 Å². The number of nitrogens with two attached hydrogens (primary N) is 1. The van der Waals surface area contributed by atoms with Crippen molar-refractivity contribution in [1.82, 2.24) is 24.9 Å². The van der Waals surface area contributed by atoms with Crippen molar-refractivity contribution in [3.8, 4) is 0 Å². The summed E-state index contributed by atoms with van der Waals surface area (Å²) in [5.41, 5.74) is 5.90. The van der Waals surface area contributed by atoms with Gasteiger partial charge in [0, 0.05) is 18.9 Å². The quantitative estimate of drug-likeness (QED) is 0.696. The van der Waals surface area contributed by atoms with Gasteiger partial charge in [-0.2, -0.15) is 10.1 Å². The van der Waals surface area contributed by atoms with Crippen LogP contribution < -0.4 is 11.1 Å². The molecule has 0 saturated carbocycles. The van der Waals surface area contributed by atoms with Gasteiger partial charge in [-0.3, -0.25) is 0 Å². The number of aromatic nitrogens is 4. The van der Waals surface area contributed by atoms with E-state index in [-0.39, 0.29) is 0 Å². The molecule has 3 N–H and O–H groups in total. The van der Waals surface area contributed by atoms with Crippen LogP contribution in [0.4, 0.5) is 4.79 Å². The molecule has 15 heavy (non-hydrogen) atoms. The standard InChI is InChI=1S/C8H10N6O/c9-7(15)10-2-1-6-3-11-8-12-5-13-14(8)4-6/h3-5H,1-2H2,(H3,9,10,15). The molecule has 0 unspecified atom stereocenters. The van der Waals surface area contributed by atoms with Crippen molar-refractivity contribution in [1.29, 1.82) is 0 Å². The van der Waals surface area contributed by atoms with Crippen LogP contribution >= 0.6 is 0 Å². The van der Waals surface area contributed by atoms with E-state index in [0.717, 1.165) is 5.56 Å². The van der Waals surface area contributed by atoms with Crippen molar-refractivity contribution in [3.05, 3.63) is 24.3 Å². The maximum Gasteiger partial charge on any atom is 0.312 e. The van der Waals surface area contributed by atoms with Gasteiger partial charge in [0.05, 0.1) is 0 Å². The average molecular weight is 206 g/mol. The van der Waals surface area contributed by atoms with Crippen LogP contribution in [0.2, 0.25) is 0 Å². The van der Waals surface area contributed by atoms with Gasteiger partial charge in [0.1, 0.15) is 6.33 Å². The molecule has 0 saturated heterocycles. The molecule has 78 valence electrons. The van der Waals surface area contributed by atoms with Gasteiger partial charge < -0.3 is 11.1 Å². The van der Waals surface area contributed by atoms with Gasteiger partial charge in [-0.15, -0.1) is 0 Å². The Kier molecular flexibility index (Phi) is 2.44. The summed E-state index contributed by atoms with van der Waals surface area (Å²) in [4.78, 5) is 18.4. The third kappa shape index (κ3) is 2.19. The molecule has 0 fully saturated rings. The summed E-state index contributed by atoms with van der Waals surface area (Å²) >= 11 is 0. The van der Waals surface area contributed by atoms with E-state index in [1.807, 2.05) is 6.20 Å². The summed E-state index contributed by atoms with van der Waals surface area (Å²) in [5, 5.41) is 6.46. The van der Waals surface area contributed by atoms with E-state index in [1.165, 1.54) is 6.33 Å². The Morgan fingerprint density at radius 1 is 1.53 bits per heavy atom. The molecule has 0 radical (unpaired) electrons. The van der Waals surface area contributed by atoms with Gasteiger partial charge in [0.25, 0.3) is 5.78 Å². The number of primary amides is 1. The van der Waals surface area contributed by atoms with Crippen molar-refractivity contribution in [2.75, 3.05) is 6.54 Å². The number of carbonyl (C=O) groups is 1. The molecule has 2 aromatic rings. The normalized spacial score (nSPS) is 10.4. The Morgan fingerprint density at radius 2 is 2.40 bits per heavy atom. The van der Waals surface area contributed by atoms with Crippen LogP contribution in [0.3, 0.4) is 0 Å². The molecule has 0 bridgehead atoms. The van der Waals surface area contributed by atoms with Gasteiger partial charge in [-0.05, 0) is 12.0 Å². The van der Waals surface area contributed by atoms with E-state index in [0.29, 0.717) is 18.7 Å². The molecular weight excluding hydrogens is 196 g/mol. The summed E-state index contributed by atoms with van der Waals surface area (Å²) < 4.78 is 1.58. The largest absolute Gasteiger partial charge is 0.352 e. The van der Waals surface area contributed by atoms with Crippen molar-refractivity contribution < 1.29 is 4.79 Å². The summed E-state index contributed by atoms with van der Waals surface area (Å²) in [5.74, 6) is 0.557. The van der Waals surface area contributed by atoms with Gasteiger partial charge in [0.15, 0.2) is 0 Å². The van der Waals surface area contributed by atoms with Crippen LogP contribution in [0, 0.1) is 0 Å². The first-order chi connectivity index (χ1) is 7.25. The van der Waals surface area contributed by atoms with Crippen LogP contribution in [0.15, 0.2) is 18.7 Å². The van der Waals surface area contributed by atoms with Gasteiger partial charge in [0.2, 0.25) is 0 Å². The molecule has 0 aliphatic heterocycles. The zero-order valence-electron chi connectivity index (χ0n) is 7.92. The third-order valence-electron chi connectivity index (χ3n) is 1.90. The van der Waals surface area contributed by atoms with Crippen molar-refractivity contribution in [2.24, 2.45) is 5.73 Å². The van der Waals surface area contributed by atoms with Crippen LogP contribution in [0.5, 0.6) is 0 Å². The molecule has 2 rings (SSSR count). The molecule has 7 heteroatoms. The fraction of sp³-hybridized carbons (Fsp3) is 0.250. The highest BCUT2D eigenvalue weighted by atomic mass is 16.2. The smallest absolute Gasteiger partial charge is 0.312 e. The summed E-state index contributed by atoms with van der Waals surface area (Å²) in [6, 6.07) is -0.523. The zero-order valence-corrected chi connectivity index (χ0v) is 7.92. The van der Waals surface area contributed by atoms with Crippen LogP contribution in [0.25, 0.3) is 5.78 Å². The third-order valence-corrected chi connectivity index (χ3v) is 1.90. The van der Waals surface area contributed by atoms with E-state index in [2.05, 4.69) is 20.4 Å². The van der Waals surface area contributed by atoms with E-state index in [4.69, 9.17) is 5.73 Å². The summed E-state index contributed by atoms with van der Waals surface area (Å²) in [6.07, 6.45) is 5.62. The minimum Gasteiger partial charge on any atom is -0.352 e. The van der Waals surface area contributed by atoms with Crippen LogP contribution in [-0.4, -0.2) is 32.2 Å². The monoisotopic (exact) mass is 206 g/mol. The molecule has 0 atom stereocenters. The van der Waals surface area contributed by atoms with Crippen LogP contribution in [0.1, 0.15) is 5.56 Å². The number of nitrogens with one attached hydrogen (secondary N) is 1. The Labute approximate surface area is 85.3 Å². The lowest BCUT2D eigenvalue weighted by Crippen LogP contribution is -2.31. The number of fused-ring (bicyclic) bond motifs is 1. The molecular formula is C8H10N6O. The first-order valence-electron chi connectivity index (χ1n) is 4.43. The SMILES string of the molecule is NC(=O)NCCc1cnc2ncnn2c1. The molecule has 2 aromatic heterocycles. The summed E-state index contributed by atoms with van der Waals surface area (Å²) in [7, 11) is 0. The predicted molar refractivity (Wildman–Crippen MR) is 52.1 cm³/mol. The lowest BCUT2D eigenvalue weighted by Gasteiger charge is -2.01. The molecule has 0 spiro atoms. The van der Waals surface area contributed by atoms with E-state index in [1.54, 1.807) is 10.7 Å². The number of carbonyl (C=O) groups excluding carboxylic acids is 1.